The summed E-state index contributed by atoms with van der Waals surface area (Å²) in [5.41, 5.74) is 1.86. The molecule has 3 rings (SSSR count). The van der Waals surface area contributed by atoms with Crippen LogP contribution in [0.25, 0.3) is 11.3 Å². The molecule has 0 saturated heterocycles. The zero-order valence-electron chi connectivity index (χ0n) is 16.1. The minimum Gasteiger partial charge on any atom is -0.497 e. The van der Waals surface area contributed by atoms with Crippen molar-refractivity contribution in [1.82, 2.24) is 5.43 Å². The quantitative estimate of drug-likeness (QED) is 0.362. The summed E-state index contributed by atoms with van der Waals surface area (Å²) in [5, 5.41) is 6.01. The third-order valence-corrected chi connectivity index (χ3v) is 4.01. The number of halogens is 3. The van der Waals surface area contributed by atoms with E-state index in [9.17, 15) is 22.8 Å². The first-order valence-corrected chi connectivity index (χ1v) is 8.82. The number of hydrogen-bond donors (Lipinski definition) is 2. The lowest BCUT2D eigenvalue weighted by Crippen LogP contribution is -2.32. The minimum absolute atomic E-state index is 0.170. The van der Waals surface area contributed by atoms with E-state index in [0.717, 1.165) is 18.3 Å². The topological polar surface area (TPSA) is 92.9 Å². The second kappa shape index (κ2) is 9.16. The predicted octanol–water partition coefficient (Wildman–Crippen LogP) is 4.06. The summed E-state index contributed by atoms with van der Waals surface area (Å²) in [7, 11) is 1.50. The first kappa shape index (κ1) is 21.6. The number of rotatable bonds is 5. The highest BCUT2D eigenvalue weighted by Crippen LogP contribution is 2.32. The van der Waals surface area contributed by atoms with E-state index in [2.05, 4.69) is 10.4 Å². The number of hydrazone groups is 1. The molecule has 0 bridgehead atoms. The number of nitrogens with one attached hydrogen (secondary N) is 2. The predicted molar refractivity (Wildman–Crippen MR) is 107 cm³/mol. The van der Waals surface area contributed by atoms with Gasteiger partial charge in [0.25, 0.3) is 0 Å². The van der Waals surface area contributed by atoms with Crippen LogP contribution < -0.4 is 15.5 Å². The summed E-state index contributed by atoms with van der Waals surface area (Å²) >= 11 is 0. The van der Waals surface area contributed by atoms with E-state index in [1.807, 2.05) is 5.43 Å². The van der Waals surface area contributed by atoms with Crippen LogP contribution in [0, 0.1) is 0 Å². The van der Waals surface area contributed by atoms with Crippen molar-refractivity contribution in [3.05, 3.63) is 72.0 Å². The Bertz CT molecular complexity index is 1110. The van der Waals surface area contributed by atoms with Crippen LogP contribution in [-0.2, 0) is 15.8 Å². The molecular weight excluding hydrogens is 415 g/mol. The van der Waals surface area contributed by atoms with E-state index >= 15 is 0 Å². The van der Waals surface area contributed by atoms with Gasteiger partial charge in [-0.2, -0.15) is 18.3 Å². The number of methoxy groups -OCH3 is 1. The molecule has 160 valence electrons. The van der Waals surface area contributed by atoms with E-state index < -0.39 is 23.6 Å². The fraction of sp³-hybridized carbons (Fsp3) is 0.0952. The van der Waals surface area contributed by atoms with Crippen molar-refractivity contribution in [2.75, 3.05) is 12.4 Å². The van der Waals surface area contributed by atoms with Crippen LogP contribution >= 0.6 is 0 Å². The SMILES string of the molecule is COc1ccc(NC(=O)C(=O)N/N=C\c2ccc(-c3cccc(C(F)(F)F)c3)o2)cc1. The van der Waals surface area contributed by atoms with E-state index in [-0.39, 0.29) is 17.1 Å². The lowest BCUT2D eigenvalue weighted by molar-refractivity contribution is -0.137. The number of alkyl halides is 3. The second-order valence-corrected chi connectivity index (χ2v) is 6.16. The molecule has 0 atom stereocenters. The minimum atomic E-state index is -4.47. The molecule has 0 aliphatic carbocycles. The van der Waals surface area contributed by atoms with Crippen molar-refractivity contribution in [2.45, 2.75) is 6.18 Å². The van der Waals surface area contributed by atoms with Crippen molar-refractivity contribution in [1.29, 1.82) is 0 Å². The van der Waals surface area contributed by atoms with Crippen LogP contribution in [0.1, 0.15) is 11.3 Å². The largest absolute Gasteiger partial charge is 0.497 e. The Labute approximate surface area is 174 Å². The molecule has 0 radical (unpaired) electrons. The fourth-order valence-corrected chi connectivity index (χ4v) is 2.49. The molecule has 10 heteroatoms. The van der Waals surface area contributed by atoms with Gasteiger partial charge in [0.05, 0.1) is 18.9 Å². The number of amides is 2. The van der Waals surface area contributed by atoms with Gasteiger partial charge in [-0.15, -0.1) is 0 Å². The van der Waals surface area contributed by atoms with Gasteiger partial charge in [0, 0.05) is 11.3 Å². The summed E-state index contributed by atoms with van der Waals surface area (Å²) in [5.74, 6) is -1.00. The average Bonchev–Trinajstić information content (AvgIpc) is 3.22. The molecule has 7 nitrogen and oxygen atoms in total. The number of furan rings is 1. The maximum atomic E-state index is 12.8. The maximum absolute atomic E-state index is 12.8. The van der Waals surface area contributed by atoms with Crippen molar-refractivity contribution in [2.24, 2.45) is 5.10 Å². The van der Waals surface area contributed by atoms with Crippen molar-refractivity contribution < 1.29 is 31.9 Å². The van der Waals surface area contributed by atoms with Gasteiger partial charge >= 0.3 is 18.0 Å². The standard InChI is InChI=1S/C21H16F3N3O4/c1-30-16-7-5-15(6-8-16)26-19(28)20(29)27-25-12-17-9-10-18(31-17)13-3-2-4-14(11-13)21(22,23)24/h2-12H,1H3,(H,26,28)(H,27,29)/b25-12-. The Morgan fingerprint density at radius 3 is 2.45 bits per heavy atom. The number of ether oxygens (including phenoxy) is 1. The molecule has 2 aromatic carbocycles. The molecule has 0 fully saturated rings. The highest BCUT2D eigenvalue weighted by molar-refractivity contribution is 6.39. The molecule has 0 aliphatic rings. The zero-order valence-corrected chi connectivity index (χ0v) is 16.1. The van der Waals surface area contributed by atoms with Gasteiger partial charge in [0.15, 0.2) is 0 Å². The molecular formula is C21H16F3N3O4. The molecule has 3 aromatic rings. The summed E-state index contributed by atoms with van der Waals surface area (Å²) in [6.07, 6.45) is -3.35. The average molecular weight is 431 g/mol. The number of carbonyl (C=O) groups is 2. The van der Waals surface area contributed by atoms with E-state index in [4.69, 9.17) is 9.15 Å². The number of hydrogen-bond acceptors (Lipinski definition) is 5. The van der Waals surface area contributed by atoms with E-state index in [1.54, 1.807) is 24.3 Å². The fourth-order valence-electron chi connectivity index (χ4n) is 2.49. The first-order valence-electron chi connectivity index (χ1n) is 8.82. The summed E-state index contributed by atoms with van der Waals surface area (Å²) < 4.78 is 48.9. The highest BCUT2D eigenvalue weighted by Gasteiger charge is 2.30. The Morgan fingerprint density at radius 1 is 1.03 bits per heavy atom. The number of anilines is 1. The molecule has 2 amide bonds. The summed E-state index contributed by atoms with van der Waals surface area (Å²) in [6.45, 7) is 0. The first-order chi connectivity index (χ1) is 14.8. The van der Waals surface area contributed by atoms with Crippen LogP contribution in [0.15, 0.2) is 70.2 Å². The maximum Gasteiger partial charge on any atom is 0.416 e. The molecule has 0 aliphatic heterocycles. The van der Waals surface area contributed by atoms with Gasteiger partial charge in [-0.3, -0.25) is 9.59 Å². The smallest absolute Gasteiger partial charge is 0.416 e. The monoisotopic (exact) mass is 431 g/mol. The van der Waals surface area contributed by atoms with Gasteiger partial charge in [-0.05, 0) is 48.5 Å². The van der Waals surface area contributed by atoms with Crippen LogP contribution in [0.4, 0.5) is 18.9 Å². The van der Waals surface area contributed by atoms with Gasteiger partial charge in [0.2, 0.25) is 0 Å². The van der Waals surface area contributed by atoms with Gasteiger partial charge < -0.3 is 14.5 Å². The van der Waals surface area contributed by atoms with Crippen molar-refractivity contribution in [3.8, 4) is 17.1 Å². The van der Waals surface area contributed by atoms with Gasteiger partial charge in [-0.1, -0.05) is 12.1 Å². The van der Waals surface area contributed by atoms with Crippen LogP contribution in [0.2, 0.25) is 0 Å². The molecule has 2 N–H and O–H groups in total. The number of carbonyl (C=O) groups excluding carboxylic acids is 2. The lowest BCUT2D eigenvalue weighted by atomic mass is 10.1. The van der Waals surface area contributed by atoms with Gasteiger partial charge in [-0.25, -0.2) is 5.43 Å². The molecule has 0 spiro atoms. The molecule has 31 heavy (non-hydrogen) atoms. The molecule has 0 unspecified atom stereocenters. The third kappa shape index (κ3) is 5.72. The highest BCUT2D eigenvalue weighted by atomic mass is 19.4. The summed E-state index contributed by atoms with van der Waals surface area (Å²) in [4.78, 5) is 23.7. The summed E-state index contributed by atoms with van der Waals surface area (Å²) in [6, 6.07) is 14.0. The molecule has 0 saturated carbocycles. The van der Waals surface area contributed by atoms with Crippen molar-refractivity contribution >= 4 is 23.7 Å². The third-order valence-electron chi connectivity index (χ3n) is 4.01. The normalized spacial score (nSPS) is 11.4. The lowest BCUT2D eigenvalue weighted by Gasteiger charge is -2.07. The van der Waals surface area contributed by atoms with Gasteiger partial charge in [0.1, 0.15) is 17.3 Å². The zero-order chi connectivity index (χ0) is 22.4. The second-order valence-electron chi connectivity index (χ2n) is 6.16. The number of nitrogens with zero attached hydrogens (tertiary/aromatic N) is 1. The Balaban J connectivity index is 1.58. The number of benzene rings is 2. The van der Waals surface area contributed by atoms with Crippen LogP contribution in [-0.4, -0.2) is 25.1 Å². The Hall–Kier alpha value is -4.08. The van der Waals surface area contributed by atoms with E-state index in [0.29, 0.717) is 11.4 Å². The van der Waals surface area contributed by atoms with Crippen LogP contribution in [0.5, 0.6) is 5.75 Å². The van der Waals surface area contributed by atoms with Crippen LogP contribution in [0.3, 0.4) is 0 Å². The molecule has 1 aromatic heterocycles. The van der Waals surface area contributed by atoms with E-state index in [1.165, 1.54) is 31.4 Å². The van der Waals surface area contributed by atoms with Crippen molar-refractivity contribution in [3.63, 3.8) is 0 Å². The Kier molecular flexibility index (Phi) is 6.39. The molecule has 1 heterocycles. The Morgan fingerprint density at radius 2 is 1.77 bits per heavy atom.